The fourth-order valence-electron chi connectivity index (χ4n) is 2.00. The van der Waals surface area contributed by atoms with E-state index in [1.165, 1.54) is 0 Å². The van der Waals surface area contributed by atoms with Crippen molar-refractivity contribution in [2.24, 2.45) is 5.73 Å². The average Bonchev–Trinajstić information content (AvgIpc) is 2.52. The first kappa shape index (κ1) is 15.4. The van der Waals surface area contributed by atoms with Crippen LogP contribution >= 0.6 is 0 Å². The molecule has 1 aliphatic rings. The zero-order chi connectivity index (χ0) is 13.8. The lowest BCUT2D eigenvalue weighted by Crippen LogP contribution is -2.48. The summed E-state index contributed by atoms with van der Waals surface area (Å²) >= 11 is 0. The molecule has 106 valence electrons. The van der Waals surface area contributed by atoms with E-state index in [-0.39, 0.29) is 30.0 Å². The average molecular weight is 279 g/mol. The zero-order valence-electron chi connectivity index (χ0n) is 10.8. The highest BCUT2D eigenvalue weighted by Gasteiger charge is 2.37. The van der Waals surface area contributed by atoms with E-state index in [0.717, 1.165) is 0 Å². The lowest BCUT2D eigenvalue weighted by Gasteiger charge is -2.25. The number of methoxy groups -OCH3 is 1. The number of hydrogen-bond donors (Lipinski definition) is 2. The number of nitrogens with two attached hydrogens (primary N) is 1. The van der Waals surface area contributed by atoms with E-state index in [1.54, 1.807) is 19.1 Å². The Balaban J connectivity index is 2.41. The number of rotatable bonds is 6. The summed E-state index contributed by atoms with van der Waals surface area (Å²) in [5.74, 6) is -0.144. The second-order valence-electron chi connectivity index (χ2n) is 4.57. The molecule has 0 aromatic carbocycles. The molecular formula is C10H21N3O4S. The number of sulfone groups is 1. The molecule has 2 unspecified atom stereocenters. The Morgan fingerprint density at radius 2 is 2.17 bits per heavy atom. The minimum atomic E-state index is -3.06. The van der Waals surface area contributed by atoms with Gasteiger partial charge in [0.15, 0.2) is 9.84 Å². The van der Waals surface area contributed by atoms with Crippen molar-refractivity contribution in [3.63, 3.8) is 0 Å². The minimum Gasteiger partial charge on any atom is -0.383 e. The number of nitrogens with one attached hydrogen (secondary N) is 1. The molecule has 18 heavy (non-hydrogen) atoms. The highest BCUT2D eigenvalue weighted by atomic mass is 32.2. The zero-order valence-corrected chi connectivity index (χ0v) is 11.6. The van der Waals surface area contributed by atoms with Crippen molar-refractivity contribution in [1.29, 1.82) is 0 Å². The van der Waals surface area contributed by atoms with Gasteiger partial charge in [-0.2, -0.15) is 0 Å². The number of amides is 1. The van der Waals surface area contributed by atoms with Crippen LogP contribution < -0.4 is 11.1 Å². The van der Waals surface area contributed by atoms with Crippen LogP contribution in [0, 0.1) is 0 Å². The largest absolute Gasteiger partial charge is 0.383 e. The Morgan fingerprint density at radius 3 is 2.67 bits per heavy atom. The van der Waals surface area contributed by atoms with E-state index in [0.29, 0.717) is 13.2 Å². The number of carbonyl (C=O) groups excluding carboxylic acids is 1. The topological polar surface area (TPSA) is 102 Å². The number of nitrogens with zero attached hydrogens (tertiary/aromatic N) is 1. The van der Waals surface area contributed by atoms with Gasteiger partial charge in [-0.1, -0.05) is 0 Å². The van der Waals surface area contributed by atoms with Crippen LogP contribution in [0.5, 0.6) is 0 Å². The predicted octanol–water partition coefficient (Wildman–Crippen LogP) is -2.19. The first-order chi connectivity index (χ1) is 8.35. The Hall–Kier alpha value is -0.700. The molecule has 1 saturated heterocycles. The van der Waals surface area contributed by atoms with Crippen molar-refractivity contribution in [1.82, 2.24) is 10.2 Å². The molecule has 0 radical (unpaired) electrons. The van der Waals surface area contributed by atoms with E-state index in [9.17, 15) is 13.2 Å². The number of ether oxygens (including phenoxy) is 1. The van der Waals surface area contributed by atoms with Gasteiger partial charge < -0.3 is 15.8 Å². The number of likely N-dealkylation sites (N-methyl/N-ethyl adjacent to an activating group) is 1. The lowest BCUT2D eigenvalue weighted by atomic mass is 10.1. The van der Waals surface area contributed by atoms with Crippen LogP contribution in [-0.2, 0) is 19.4 Å². The summed E-state index contributed by atoms with van der Waals surface area (Å²) < 4.78 is 27.7. The van der Waals surface area contributed by atoms with Gasteiger partial charge in [0, 0.05) is 25.7 Å². The summed E-state index contributed by atoms with van der Waals surface area (Å²) in [6, 6.07) is -0.713. The van der Waals surface area contributed by atoms with Gasteiger partial charge in [0.2, 0.25) is 5.91 Å². The predicted molar refractivity (Wildman–Crippen MR) is 67.9 cm³/mol. The van der Waals surface area contributed by atoms with Crippen molar-refractivity contribution < 1.29 is 17.9 Å². The molecule has 1 heterocycles. The van der Waals surface area contributed by atoms with Crippen molar-refractivity contribution in [3.05, 3.63) is 0 Å². The third kappa shape index (κ3) is 4.52. The summed E-state index contributed by atoms with van der Waals surface area (Å²) in [6.45, 7) is 1.03. The van der Waals surface area contributed by atoms with Crippen LogP contribution in [0.1, 0.15) is 0 Å². The van der Waals surface area contributed by atoms with E-state index in [2.05, 4.69) is 5.32 Å². The summed E-state index contributed by atoms with van der Waals surface area (Å²) in [4.78, 5) is 13.2. The summed E-state index contributed by atoms with van der Waals surface area (Å²) in [5.41, 5.74) is 5.78. The second kappa shape index (κ2) is 6.46. The highest BCUT2D eigenvalue weighted by molar-refractivity contribution is 7.91. The van der Waals surface area contributed by atoms with Crippen LogP contribution in [-0.4, -0.2) is 76.7 Å². The maximum Gasteiger partial charge on any atom is 0.234 e. The molecule has 0 aromatic heterocycles. The van der Waals surface area contributed by atoms with Crippen LogP contribution in [0.25, 0.3) is 0 Å². The molecule has 2 atom stereocenters. The minimum absolute atomic E-state index is 0.00665. The standard InChI is InChI=1S/C10H21N3O4S/c1-13(5-10(14)12-3-4-17-2)9-7-18(15,16)6-8(9)11/h8-9H,3-7,11H2,1-2H3,(H,12,14). The number of carbonyl (C=O) groups is 1. The first-order valence-electron chi connectivity index (χ1n) is 5.77. The Labute approximate surface area is 108 Å². The van der Waals surface area contributed by atoms with Crippen LogP contribution in [0.15, 0.2) is 0 Å². The van der Waals surface area contributed by atoms with Crippen molar-refractivity contribution in [2.75, 3.05) is 45.4 Å². The van der Waals surface area contributed by atoms with E-state index < -0.39 is 15.9 Å². The molecule has 3 N–H and O–H groups in total. The van der Waals surface area contributed by atoms with Gasteiger partial charge in [0.25, 0.3) is 0 Å². The summed E-state index contributed by atoms with van der Waals surface area (Å²) in [5, 5.41) is 2.68. The molecule has 1 rings (SSSR count). The fourth-order valence-corrected chi connectivity index (χ4v) is 3.97. The second-order valence-corrected chi connectivity index (χ2v) is 6.72. The normalized spacial score (nSPS) is 26.4. The number of hydrogen-bond acceptors (Lipinski definition) is 6. The molecule has 1 aliphatic heterocycles. The van der Waals surface area contributed by atoms with Crippen LogP contribution in [0.2, 0.25) is 0 Å². The monoisotopic (exact) mass is 279 g/mol. The molecule has 0 aliphatic carbocycles. The van der Waals surface area contributed by atoms with Gasteiger partial charge in [-0.3, -0.25) is 9.69 Å². The third-order valence-corrected chi connectivity index (χ3v) is 4.69. The van der Waals surface area contributed by atoms with Crippen molar-refractivity contribution >= 4 is 15.7 Å². The maximum atomic E-state index is 11.6. The molecule has 0 spiro atoms. The van der Waals surface area contributed by atoms with Gasteiger partial charge in [-0.15, -0.1) is 0 Å². The van der Waals surface area contributed by atoms with Crippen molar-refractivity contribution in [2.45, 2.75) is 12.1 Å². The summed E-state index contributed by atoms with van der Waals surface area (Å²) in [6.07, 6.45) is 0. The van der Waals surface area contributed by atoms with Gasteiger partial charge in [0.1, 0.15) is 0 Å². The van der Waals surface area contributed by atoms with Gasteiger partial charge in [-0.05, 0) is 7.05 Å². The Morgan fingerprint density at radius 1 is 1.50 bits per heavy atom. The van der Waals surface area contributed by atoms with E-state index in [4.69, 9.17) is 10.5 Å². The molecule has 1 amide bonds. The molecular weight excluding hydrogens is 258 g/mol. The summed E-state index contributed by atoms with van der Waals surface area (Å²) in [7, 11) is 0.201. The van der Waals surface area contributed by atoms with Gasteiger partial charge >= 0.3 is 0 Å². The SMILES string of the molecule is COCCNC(=O)CN(C)C1CS(=O)(=O)CC1N. The van der Waals surface area contributed by atoms with Crippen LogP contribution in [0.4, 0.5) is 0 Å². The highest BCUT2D eigenvalue weighted by Crippen LogP contribution is 2.15. The van der Waals surface area contributed by atoms with E-state index in [1.807, 2.05) is 0 Å². The Bertz CT molecular complexity index is 385. The van der Waals surface area contributed by atoms with Crippen LogP contribution in [0.3, 0.4) is 0 Å². The molecule has 0 bridgehead atoms. The molecule has 0 saturated carbocycles. The third-order valence-electron chi connectivity index (χ3n) is 2.95. The smallest absolute Gasteiger partial charge is 0.234 e. The van der Waals surface area contributed by atoms with Crippen molar-refractivity contribution in [3.8, 4) is 0 Å². The quantitative estimate of drug-likeness (QED) is 0.535. The lowest BCUT2D eigenvalue weighted by molar-refractivity contribution is -0.122. The molecule has 8 heteroatoms. The molecule has 7 nitrogen and oxygen atoms in total. The molecule has 0 aromatic rings. The van der Waals surface area contributed by atoms with Gasteiger partial charge in [-0.25, -0.2) is 8.42 Å². The molecule has 1 fully saturated rings. The van der Waals surface area contributed by atoms with Gasteiger partial charge in [0.05, 0.1) is 24.7 Å². The first-order valence-corrected chi connectivity index (χ1v) is 7.60. The fraction of sp³-hybridized carbons (Fsp3) is 0.900. The Kier molecular flexibility index (Phi) is 5.51. The van der Waals surface area contributed by atoms with E-state index >= 15 is 0 Å². The maximum absolute atomic E-state index is 11.6.